The van der Waals surface area contributed by atoms with Crippen LogP contribution in [0, 0.1) is 6.92 Å². The summed E-state index contributed by atoms with van der Waals surface area (Å²) in [6, 6.07) is 4.34. The summed E-state index contributed by atoms with van der Waals surface area (Å²) in [4.78, 5) is 47.3. The molecule has 1 aromatic heterocycles. The topological polar surface area (TPSA) is 150 Å². The number of likely N-dealkylation sites (N-methyl/N-ethyl adjacent to an activating group) is 2. The van der Waals surface area contributed by atoms with Crippen molar-refractivity contribution in [2.45, 2.75) is 115 Å². The highest BCUT2D eigenvalue weighted by Crippen LogP contribution is 2.49. The number of benzene rings is 2. The maximum Gasteiger partial charge on any atom is 0.202 e. The molecule has 1 aliphatic carbocycles. The lowest BCUT2D eigenvalue weighted by atomic mass is 9.74. The molecule has 2 saturated heterocycles. The van der Waals surface area contributed by atoms with Crippen molar-refractivity contribution in [2.24, 2.45) is 0 Å². The quantitative estimate of drug-likeness (QED) is 0.224. The number of carbonyl (C=O) groups excluding carboxylic acids is 2. The second-order valence-electron chi connectivity index (χ2n) is 15.6. The minimum absolute atomic E-state index is 0.00118. The summed E-state index contributed by atoms with van der Waals surface area (Å²) < 4.78 is 19.1. The summed E-state index contributed by atoms with van der Waals surface area (Å²) in [5.74, 6) is -1.27. The van der Waals surface area contributed by atoms with Gasteiger partial charge in [-0.15, -0.1) is 0 Å². The first-order valence-electron chi connectivity index (χ1n) is 18.2. The number of hydrogen-bond donors (Lipinski definition) is 3. The van der Waals surface area contributed by atoms with Crippen molar-refractivity contribution in [3.05, 3.63) is 79.2 Å². The third-order valence-electron chi connectivity index (χ3n) is 11.8. The van der Waals surface area contributed by atoms with Gasteiger partial charge in [-0.2, -0.15) is 0 Å². The number of aliphatic hydroxyl groups is 2. The Balaban J connectivity index is 1.63. The number of nitrogens with zero attached hydrogens (tertiary/aromatic N) is 2. The third kappa shape index (κ3) is 6.05. The molecule has 0 spiro atoms. The molecule has 6 rings (SSSR count). The van der Waals surface area contributed by atoms with Crippen LogP contribution in [0.25, 0.3) is 16.5 Å². The van der Waals surface area contributed by atoms with Gasteiger partial charge in [0.2, 0.25) is 5.78 Å². The maximum atomic E-state index is 15.0. The Morgan fingerprint density at radius 2 is 1.62 bits per heavy atom. The van der Waals surface area contributed by atoms with Crippen molar-refractivity contribution in [2.75, 3.05) is 28.2 Å². The highest BCUT2D eigenvalue weighted by atomic mass is 16.5. The van der Waals surface area contributed by atoms with Crippen LogP contribution in [-0.2, 0) is 9.47 Å². The second-order valence-corrected chi connectivity index (χ2v) is 15.6. The van der Waals surface area contributed by atoms with Crippen LogP contribution in [0.1, 0.15) is 127 Å². The Morgan fingerprint density at radius 1 is 0.942 bits per heavy atom. The average molecular weight is 717 g/mol. The van der Waals surface area contributed by atoms with Crippen LogP contribution in [0.3, 0.4) is 0 Å². The first-order chi connectivity index (χ1) is 24.4. The lowest BCUT2D eigenvalue weighted by Crippen LogP contribution is -2.59. The fourth-order valence-corrected chi connectivity index (χ4v) is 8.32. The molecule has 3 aromatic rings. The minimum Gasteiger partial charge on any atom is -0.507 e. The molecular weight excluding hydrogens is 664 g/mol. The zero-order valence-electron chi connectivity index (χ0n) is 31.9. The van der Waals surface area contributed by atoms with Crippen molar-refractivity contribution in [1.82, 2.24) is 9.80 Å². The van der Waals surface area contributed by atoms with Gasteiger partial charge in [-0.1, -0.05) is 19.4 Å². The van der Waals surface area contributed by atoms with E-state index >= 15 is 4.79 Å². The molecule has 3 heterocycles. The molecule has 2 aliphatic heterocycles. The third-order valence-corrected chi connectivity index (χ3v) is 11.8. The smallest absolute Gasteiger partial charge is 0.202 e. The molecule has 0 unspecified atom stereocenters. The van der Waals surface area contributed by atoms with Crippen LogP contribution in [0.5, 0.6) is 5.75 Å². The van der Waals surface area contributed by atoms with Gasteiger partial charge >= 0.3 is 0 Å². The van der Waals surface area contributed by atoms with Crippen molar-refractivity contribution in [3.8, 4) is 5.75 Å². The monoisotopic (exact) mass is 716 g/mol. The van der Waals surface area contributed by atoms with Crippen molar-refractivity contribution < 1.29 is 38.8 Å². The molecule has 8 atom stereocenters. The Bertz CT molecular complexity index is 2030. The van der Waals surface area contributed by atoms with Crippen molar-refractivity contribution in [1.29, 1.82) is 0 Å². The molecule has 11 heteroatoms. The zero-order chi connectivity index (χ0) is 38.1. The largest absolute Gasteiger partial charge is 0.507 e. The fraction of sp³-hybridized carbons (Fsp3) is 0.537. The molecule has 0 bridgehead atoms. The summed E-state index contributed by atoms with van der Waals surface area (Å²) in [5, 5.41) is 34.7. The number of fused-ring (bicyclic) bond motifs is 4. The normalized spacial score (nSPS) is 29.6. The Hall–Kier alpha value is -3.71. The number of hydrogen-bond acceptors (Lipinski definition) is 11. The van der Waals surface area contributed by atoms with Gasteiger partial charge < -0.3 is 39.0 Å². The lowest BCUT2D eigenvalue weighted by Gasteiger charge is -2.49. The highest BCUT2D eigenvalue weighted by Gasteiger charge is 2.49. The SMILES string of the molecule is CCCC=C(C)c1cc(=O)c2c(C)cc3c(c2o1)C(=O)c1c(O)c([C@H]2C[C@@](C)(N(C)C)[C@H](O)[C@@H](C)O2)cc([C@H]2C[C@@H](N(C)C)[C@@H](O)[C@@H](C)O2)c1C3=O. The van der Waals surface area contributed by atoms with Gasteiger partial charge in [0.25, 0.3) is 0 Å². The van der Waals surface area contributed by atoms with Crippen LogP contribution in [0.2, 0.25) is 0 Å². The molecule has 2 aromatic carbocycles. The van der Waals surface area contributed by atoms with Crippen molar-refractivity contribution >= 4 is 28.1 Å². The van der Waals surface area contributed by atoms with E-state index in [0.29, 0.717) is 23.3 Å². The summed E-state index contributed by atoms with van der Waals surface area (Å²) in [7, 11) is 7.47. The number of aliphatic hydroxyl groups excluding tert-OH is 2. The Kier molecular flexibility index (Phi) is 10.2. The molecule has 11 nitrogen and oxygen atoms in total. The predicted octanol–water partition coefficient (Wildman–Crippen LogP) is 5.46. The number of phenolic OH excluding ortho intramolecular Hbond substituents is 1. The number of ether oxygens (including phenoxy) is 2. The van der Waals surface area contributed by atoms with Crippen LogP contribution in [0.15, 0.2) is 33.5 Å². The van der Waals surface area contributed by atoms with E-state index in [1.54, 1.807) is 32.9 Å². The predicted molar refractivity (Wildman–Crippen MR) is 198 cm³/mol. The van der Waals surface area contributed by atoms with Gasteiger partial charge in [0.1, 0.15) is 11.5 Å². The zero-order valence-corrected chi connectivity index (χ0v) is 31.9. The summed E-state index contributed by atoms with van der Waals surface area (Å²) in [6.07, 6.45) is -0.212. The average Bonchev–Trinajstić information content (AvgIpc) is 3.08. The van der Waals surface area contributed by atoms with E-state index in [9.17, 15) is 24.9 Å². The Morgan fingerprint density at radius 3 is 2.25 bits per heavy atom. The second kappa shape index (κ2) is 13.9. The van der Waals surface area contributed by atoms with Gasteiger partial charge in [-0.25, -0.2) is 0 Å². The number of allylic oxidation sites excluding steroid dienone is 2. The number of aryl methyl sites for hydroxylation is 1. The molecule has 52 heavy (non-hydrogen) atoms. The number of carbonyl (C=O) groups is 2. The van der Waals surface area contributed by atoms with E-state index in [-0.39, 0.29) is 56.7 Å². The van der Waals surface area contributed by atoms with Gasteiger partial charge in [0.15, 0.2) is 16.8 Å². The van der Waals surface area contributed by atoms with Gasteiger partial charge in [-0.05, 0) is 111 Å². The van der Waals surface area contributed by atoms with Crippen LogP contribution in [0.4, 0.5) is 0 Å². The van der Waals surface area contributed by atoms with Crippen molar-refractivity contribution in [3.63, 3.8) is 0 Å². The van der Waals surface area contributed by atoms with E-state index in [0.717, 1.165) is 18.4 Å². The van der Waals surface area contributed by atoms with E-state index in [4.69, 9.17) is 13.9 Å². The van der Waals surface area contributed by atoms with Crippen LogP contribution < -0.4 is 5.43 Å². The molecule has 0 radical (unpaired) electrons. The standard InChI is InChI=1S/C41H52N2O9/c1-11-12-13-19(2)28-17-27(44)31-20(3)14-25-33(39(31)52-28)38(48)34-32(37(25)47)23(29-16-26(42(7)8)35(45)21(4)50-29)15-24(36(34)46)30-18-41(6,43(9)10)40(49)22(5)51-30/h13-15,17,21-22,26,29-30,35,40,45-46,49H,11-12,16,18H2,1-10H3/t21-,22-,26-,29-,30-,35+,40-,41-/m1/s1. The van der Waals surface area contributed by atoms with E-state index in [1.807, 2.05) is 64.8 Å². The summed E-state index contributed by atoms with van der Waals surface area (Å²) in [6.45, 7) is 11.0. The molecule has 0 saturated carbocycles. The number of phenols is 1. The van der Waals surface area contributed by atoms with E-state index in [1.165, 1.54) is 6.07 Å². The number of rotatable bonds is 7. The summed E-state index contributed by atoms with van der Waals surface area (Å²) in [5.41, 5.74) is 0.605. The van der Waals surface area contributed by atoms with Crippen LogP contribution >= 0.6 is 0 Å². The summed E-state index contributed by atoms with van der Waals surface area (Å²) >= 11 is 0. The van der Waals surface area contributed by atoms with Gasteiger partial charge in [0.05, 0.1) is 53.1 Å². The molecule has 280 valence electrons. The van der Waals surface area contributed by atoms with Crippen LogP contribution in [-0.4, -0.2) is 101 Å². The van der Waals surface area contributed by atoms with Gasteiger partial charge in [0, 0.05) is 34.3 Å². The van der Waals surface area contributed by atoms with E-state index < -0.39 is 59.5 Å². The fourth-order valence-electron chi connectivity index (χ4n) is 8.32. The first kappa shape index (κ1) is 38.0. The molecule has 0 amide bonds. The van der Waals surface area contributed by atoms with E-state index in [2.05, 4.69) is 0 Å². The highest BCUT2D eigenvalue weighted by molar-refractivity contribution is 6.33. The molecular formula is C41H52N2O9. The minimum atomic E-state index is -0.848. The number of unbranched alkanes of at least 4 members (excludes halogenated alkanes) is 1. The van der Waals surface area contributed by atoms with Gasteiger partial charge in [-0.3, -0.25) is 14.4 Å². The molecule has 2 fully saturated rings. The molecule has 3 aliphatic rings. The maximum absolute atomic E-state index is 15.0. The number of ketones is 2. The molecule has 3 N–H and O–H groups in total. The first-order valence-corrected chi connectivity index (χ1v) is 18.2. The Labute approximate surface area is 304 Å². The lowest BCUT2D eigenvalue weighted by molar-refractivity contribution is -0.176. The number of aromatic hydroxyl groups is 1.